The van der Waals surface area contributed by atoms with Crippen molar-refractivity contribution in [1.29, 1.82) is 0 Å². The number of nitrogens with one attached hydrogen (secondary N) is 1. The molecule has 1 aliphatic rings. The van der Waals surface area contributed by atoms with Gasteiger partial charge in [0.1, 0.15) is 10.6 Å². The summed E-state index contributed by atoms with van der Waals surface area (Å²) >= 11 is 2.89. The number of hydrogen-bond donors (Lipinski definition) is 1. The predicted octanol–water partition coefficient (Wildman–Crippen LogP) is 4.25. The maximum Gasteiger partial charge on any atom is 0.267 e. The van der Waals surface area contributed by atoms with Crippen molar-refractivity contribution in [3.63, 3.8) is 0 Å². The zero-order valence-corrected chi connectivity index (χ0v) is 17.9. The lowest BCUT2D eigenvalue weighted by Crippen LogP contribution is -2.22. The lowest BCUT2D eigenvalue weighted by Gasteiger charge is -2.12. The summed E-state index contributed by atoms with van der Waals surface area (Å²) in [5.41, 5.74) is 2.34. The van der Waals surface area contributed by atoms with Crippen molar-refractivity contribution >= 4 is 39.1 Å². The average molecular weight is 438 g/mol. The number of Topliss-reactive ketones (excluding diaryl/α,β-unsaturated/α-hetero) is 1. The Kier molecular flexibility index (Phi) is 4.96. The van der Waals surface area contributed by atoms with Crippen LogP contribution in [0.5, 0.6) is 5.75 Å². The largest absolute Gasteiger partial charge is 0.497 e. The standard InChI is InChI=1S/C22H19N3O3S2/c1-28-14-9-7-13(8-10-14)25-21(27)19-15-4-2-6-18(15)30-20(19)24-22(25)29-12-17(26)16-5-3-11-23-16/h3,5,7-11,23H,2,4,6,12H2,1H3. The van der Waals surface area contributed by atoms with E-state index in [-0.39, 0.29) is 17.1 Å². The molecule has 0 bridgehead atoms. The first kappa shape index (κ1) is 19.1. The van der Waals surface area contributed by atoms with Crippen molar-refractivity contribution in [3.8, 4) is 11.4 Å². The summed E-state index contributed by atoms with van der Waals surface area (Å²) in [5, 5.41) is 1.25. The molecule has 0 spiro atoms. The van der Waals surface area contributed by atoms with Crippen molar-refractivity contribution in [3.05, 3.63) is 69.1 Å². The molecule has 0 amide bonds. The molecule has 6 nitrogen and oxygen atoms in total. The van der Waals surface area contributed by atoms with E-state index in [1.54, 1.807) is 41.3 Å². The van der Waals surface area contributed by atoms with Crippen LogP contribution < -0.4 is 10.3 Å². The number of methoxy groups -OCH3 is 1. The number of carbonyl (C=O) groups excluding carboxylic acids is 1. The Balaban J connectivity index is 1.62. The Morgan fingerprint density at radius 3 is 2.83 bits per heavy atom. The van der Waals surface area contributed by atoms with Crippen molar-refractivity contribution in [2.45, 2.75) is 24.4 Å². The summed E-state index contributed by atoms with van der Waals surface area (Å²) < 4.78 is 6.87. The quantitative estimate of drug-likeness (QED) is 0.277. The first-order valence-corrected chi connectivity index (χ1v) is 11.5. The smallest absolute Gasteiger partial charge is 0.267 e. The van der Waals surface area contributed by atoms with Crippen LogP contribution in [0.25, 0.3) is 15.9 Å². The molecule has 1 aromatic carbocycles. The minimum Gasteiger partial charge on any atom is -0.497 e. The van der Waals surface area contributed by atoms with Gasteiger partial charge in [-0.2, -0.15) is 0 Å². The number of benzene rings is 1. The Morgan fingerprint density at radius 1 is 1.27 bits per heavy atom. The number of ether oxygens (including phenoxy) is 1. The third kappa shape index (κ3) is 3.26. The van der Waals surface area contributed by atoms with Crippen LogP contribution in [-0.2, 0) is 12.8 Å². The van der Waals surface area contributed by atoms with Crippen molar-refractivity contribution in [1.82, 2.24) is 14.5 Å². The van der Waals surface area contributed by atoms with Crippen LogP contribution in [0.4, 0.5) is 0 Å². The summed E-state index contributed by atoms with van der Waals surface area (Å²) in [5.74, 6) is 0.877. The van der Waals surface area contributed by atoms with Gasteiger partial charge in [-0.3, -0.25) is 14.2 Å². The molecule has 0 radical (unpaired) electrons. The first-order valence-electron chi connectivity index (χ1n) is 9.67. The highest BCUT2D eigenvalue weighted by atomic mass is 32.2. The molecule has 1 aliphatic carbocycles. The van der Waals surface area contributed by atoms with E-state index in [1.165, 1.54) is 16.6 Å². The number of aromatic amines is 1. The second-order valence-electron chi connectivity index (χ2n) is 7.07. The molecular formula is C22H19N3O3S2. The van der Waals surface area contributed by atoms with E-state index in [2.05, 4.69) is 4.98 Å². The van der Waals surface area contributed by atoms with E-state index in [0.717, 1.165) is 35.0 Å². The lowest BCUT2D eigenvalue weighted by molar-refractivity contribution is 0.101. The van der Waals surface area contributed by atoms with E-state index in [9.17, 15) is 9.59 Å². The topological polar surface area (TPSA) is 77.0 Å². The number of thioether (sulfide) groups is 1. The average Bonchev–Trinajstić information content (AvgIpc) is 3.49. The molecular weight excluding hydrogens is 418 g/mol. The van der Waals surface area contributed by atoms with Gasteiger partial charge in [0, 0.05) is 11.1 Å². The number of H-pyrrole nitrogens is 1. The number of thiophene rings is 1. The highest BCUT2D eigenvalue weighted by Gasteiger charge is 2.24. The fourth-order valence-corrected chi connectivity index (χ4v) is 5.99. The number of aryl methyl sites for hydroxylation is 2. The second kappa shape index (κ2) is 7.77. The molecule has 1 N–H and O–H groups in total. The van der Waals surface area contributed by atoms with E-state index >= 15 is 0 Å². The highest BCUT2D eigenvalue weighted by Crippen LogP contribution is 2.36. The molecule has 5 rings (SSSR count). The number of fused-ring (bicyclic) bond motifs is 3. The SMILES string of the molecule is COc1ccc(-n2c(SCC(=O)c3ccc[nH]3)nc3sc4c(c3c2=O)CCC4)cc1. The molecule has 8 heteroatoms. The number of rotatable bonds is 6. The molecule has 0 saturated heterocycles. The molecule has 3 heterocycles. The van der Waals surface area contributed by atoms with Gasteiger partial charge in [0.25, 0.3) is 5.56 Å². The number of ketones is 1. The van der Waals surface area contributed by atoms with Crippen LogP contribution in [0.1, 0.15) is 27.3 Å². The Labute approximate surface area is 180 Å². The molecule has 30 heavy (non-hydrogen) atoms. The molecule has 0 atom stereocenters. The highest BCUT2D eigenvalue weighted by molar-refractivity contribution is 7.99. The van der Waals surface area contributed by atoms with Gasteiger partial charge < -0.3 is 9.72 Å². The Hall–Kier alpha value is -2.84. The zero-order chi connectivity index (χ0) is 20.7. The second-order valence-corrected chi connectivity index (χ2v) is 9.09. The first-order chi connectivity index (χ1) is 14.7. The van der Waals surface area contributed by atoms with Crippen LogP contribution in [-0.4, -0.2) is 33.2 Å². The van der Waals surface area contributed by atoms with Gasteiger partial charge in [0.05, 0.1) is 29.6 Å². The van der Waals surface area contributed by atoms with Crippen molar-refractivity contribution in [2.24, 2.45) is 0 Å². The summed E-state index contributed by atoms with van der Waals surface area (Å²) in [6.45, 7) is 0. The third-order valence-electron chi connectivity index (χ3n) is 5.27. The minimum atomic E-state index is -0.0700. The van der Waals surface area contributed by atoms with Gasteiger partial charge in [0.15, 0.2) is 10.9 Å². The van der Waals surface area contributed by atoms with Gasteiger partial charge in [-0.1, -0.05) is 11.8 Å². The number of aromatic nitrogens is 3. The summed E-state index contributed by atoms with van der Waals surface area (Å²) in [4.78, 5) is 35.9. The fourth-order valence-electron chi connectivity index (χ4n) is 3.79. The van der Waals surface area contributed by atoms with Gasteiger partial charge >= 0.3 is 0 Å². The van der Waals surface area contributed by atoms with Crippen LogP contribution in [0.3, 0.4) is 0 Å². The lowest BCUT2D eigenvalue weighted by atomic mass is 10.2. The normalized spacial score (nSPS) is 13.0. The van der Waals surface area contributed by atoms with Crippen LogP contribution in [0.2, 0.25) is 0 Å². The number of nitrogens with zero attached hydrogens (tertiary/aromatic N) is 2. The summed E-state index contributed by atoms with van der Waals surface area (Å²) in [6, 6.07) is 10.9. The van der Waals surface area contributed by atoms with E-state index < -0.39 is 0 Å². The van der Waals surface area contributed by atoms with Crippen molar-refractivity contribution in [2.75, 3.05) is 12.9 Å². The summed E-state index contributed by atoms with van der Waals surface area (Å²) in [7, 11) is 1.61. The maximum absolute atomic E-state index is 13.6. The number of carbonyl (C=O) groups is 1. The molecule has 3 aromatic heterocycles. The van der Waals surface area contributed by atoms with E-state index in [1.807, 2.05) is 24.3 Å². The van der Waals surface area contributed by atoms with E-state index in [4.69, 9.17) is 9.72 Å². The van der Waals surface area contributed by atoms with Crippen LogP contribution in [0.15, 0.2) is 52.5 Å². The molecule has 0 fully saturated rings. The molecule has 152 valence electrons. The molecule has 4 aromatic rings. The van der Waals surface area contributed by atoms with Gasteiger partial charge in [-0.25, -0.2) is 4.98 Å². The fraction of sp³-hybridized carbons (Fsp3) is 0.227. The molecule has 0 aliphatic heterocycles. The van der Waals surface area contributed by atoms with Gasteiger partial charge in [0.2, 0.25) is 0 Å². The van der Waals surface area contributed by atoms with Crippen LogP contribution >= 0.6 is 23.1 Å². The van der Waals surface area contributed by atoms with Gasteiger partial charge in [-0.15, -0.1) is 11.3 Å². The predicted molar refractivity (Wildman–Crippen MR) is 120 cm³/mol. The molecule has 0 saturated carbocycles. The molecule has 0 unspecified atom stereocenters. The third-order valence-corrected chi connectivity index (χ3v) is 7.39. The monoisotopic (exact) mass is 437 g/mol. The summed E-state index contributed by atoms with van der Waals surface area (Å²) in [6.07, 6.45) is 4.74. The van der Waals surface area contributed by atoms with Crippen molar-refractivity contribution < 1.29 is 9.53 Å². The Bertz CT molecular complexity index is 1290. The maximum atomic E-state index is 13.6. The zero-order valence-electron chi connectivity index (χ0n) is 16.3. The van der Waals surface area contributed by atoms with Gasteiger partial charge in [-0.05, 0) is 61.2 Å². The van der Waals surface area contributed by atoms with Crippen LogP contribution in [0, 0.1) is 0 Å². The number of hydrogen-bond acceptors (Lipinski definition) is 6. The minimum absolute atomic E-state index is 0.0331. The Morgan fingerprint density at radius 2 is 2.10 bits per heavy atom. The van der Waals surface area contributed by atoms with E-state index in [0.29, 0.717) is 22.3 Å².